The van der Waals surface area contributed by atoms with E-state index in [4.69, 9.17) is 9.63 Å². The minimum absolute atomic E-state index is 0.0537. The van der Waals surface area contributed by atoms with Crippen LogP contribution in [-0.2, 0) is 12.2 Å². The molecular formula is C10H16F2N2O2S. The van der Waals surface area contributed by atoms with Gasteiger partial charge in [0.2, 0.25) is 5.89 Å². The number of thioether (sulfide) groups is 1. The molecule has 0 aliphatic heterocycles. The Balaban J connectivity index is 2.37. The summed E-state index contributed by atoms with van der Waals surface area (Å²) in [5.74, 6) is 2.67. The number of aromatic nitrogens is 2. The summed E-state index contributed by atoms with van der Waals surface area (Å²) in [6.07, 6.45) is -4.84. The van der Waals surface area contributed by atoms with Crippen LogP contribution in [0.15, 0.2) is 4.52 Å². The highest BCUT2D eigenvalue weighted by molar-refractivity contribution is 7.98. The van der Waals surface area contributed by atoms with E-state index in [0.29, 0.717) is 17.5 Å². The molecule has 0 saturated carbocycles. The Morgan fingerprint density at radius 1 is 1.41 bits per heavy atom. The Morgan fingerprint density at radius 2 is 2.12 bits per heavy atom. The fourth-order valence-corrected chi connectivity index (χ4v) is 1.97. The van der Waals surface area contributed by atoms with E-state index in [1.807, 2.05) is 0 Å². The molecule has 0 aromatic carbocycles. The largest absolute Gasteiger partial charge is 0.387 e. The highest BCUT2D eigenvalue weighted by Crippen LogP contribution is 2.14. The van der Waals surface area contributed by atoms with Crippen LogP contribution in [0.4, 0.5) is 8.78 Å². The summed E-state index contributed by atoms with van der Waals surface area (Å²) in [7, 11) is 0. The lowest BCUT2D eigenvalue weighted by Gasteiger charge is -2.04. The van der Waals surface area contributed by atoms with E-state index in [1.165, 1.54) is 0 Å². The summed E-state index contributed by atoms with van der Waals surface area (Å²) in [6, 6.07) is 0. The number of hydrogen-bond donors (Lipinski definition) is 1. The molecule has 1 N–H and O–H groups in total. The van der Waals surface area contributed by atoms with Crippen LogP contribution in [0.1, 0.15) is 25.6 Å². The first-order valence-corrected chi connectivity index (χ1v) is 6.50. The van der Waals surface area contributed by atoms with Crippen molar-refractivity contribution in [2.24, 2.45) is 5.92 Å². The lowest BCUT2D eigenvalue weighted by atomic mass is 10.2. The second-order valence-corrected chi connectivity index (χ2v) is 5.15. The van der Waals surface area contributed by atoms with Gasteiger partial charge in [-0.1, -0.05) is 19.0 Å². The van der Waals surface area contributed by atoms with Gasteiger partial charge >= 0.3 is 0 Å². The van der Waals surface area contributed by atoms with Gasteiger partial charge in [0.1, 0.15) is 6.10 Å². The van der Waals surface area contributed by atoms with Gasteiger partial charge in [-0.05, 0) is 11.7 Å². The molecule has 17 heavy (non-hydrogen) atoms. The zero-order valence-corrected chi connectivity index (χ0v) is 10.6. The SMILES string of the molecule is CC(C)CSCc1noc(CC(O)C(F)F)n1. The fraction of sp³-hybridized carbons (Fsp3) is 0.800. The molecule has 4 nitrogen and oxygen atoms in total. The van der Waals surface area contributed by atoms with Crippen LogP contribution in [0, 0.1) is 5.92 Å². The molecule has 1 unspecified atom stereocenters. The van der Waals surface area contributed by atoms with Gasteiger partial charge in [0.15, 0.2) is 5.82 Å². The van der Waals surface area contributed by atoms with Crippen molar-refractivity contribution in [3.05, 3.63) is 11.7 Å². The maximum atomic E-state index is 12.1. The molecule has 0 aliphatic carbocycles. The lowest BCUT2D eigenvalue weighted by Crippen LogP contribution is -2.20. The zero-order chi connectivity index (χ0) is 12.8. The number of alkyl halides is 2. The minimum atomic E-state index is -2.79. The van der Waals surface area contributed by atoms with Crippen molar-refractivity contribution in [3.63, 3.8) is 0 Å². The smallest absolute Gasteiger partial charge is 0.264 e. The number of rotatable bonds is 7. The molecule has 0 fully saturated rings. The third kappa shape index (κ3) is 5.45. The average molecular weight is 266 g/mol. The van der Waals surface area contributed by atoms with Crippen LogP contribution in [0.3, 0.4) is 0 Å². The summed E-state index contributed by atoms with van der Waals surface area (Å²) >= 11 is 1.66. The number of aliphatic hydroxyl groups is 1. The summed E-state index contributed by atoms with van der Waals surface area (Å²) in [4.78, 5) is 3.94. The minimum Gasteiger partial charge on any atom is -0.387 e. The average Bonchev–Trinajstić information content (AvgIpc) is 2.65. The van der Waals surface area contributed by atoms with Crippen molar-refractivity contribution in [1.29, 1.82) is 0 Å². The highest BCUT2D eigenvalue weighted by Gasteiger charge is 2.20. The van der Waals surface area contributed by atoms with Crippen LogP contribution in [0.2, 0.25) is 0 Å². The quantitative estimate of drug-likeness (QED) is 0.819. The summed E-state index contributed by atoms with van der Waals surface area (Å²) in [5.41, 5.74) is 0. The van der Waals surface area contributed by atoms with Crippen LogP contribution in [0.25, 0.3) is 0 Å². The van der Waals surface area contributed by atoms with Crippen molar-refractivity contribution in [1.82, 2.24) is 10.1 Å². The molecular weight excluding hydrogens is 250 g/mol. The van der Waals surface area contributed by atoms with Gasteiger partial charge < -0.3 is 9.63 Å². The van der Waals surface area contributed by atoms with Crippen LogP contribution in [-0.4, -0.2) is 33.5 Å². The van der Waals surface area contributed by atoms with E-state index >= 15 is 0 Å². The Hall–Kier alpha value is -0.690. The van der Waals surface area contributed by atoms with Gasteiger partial charge in [-0.3, -0.25) is 0 Å². The maximum absolute atomic E-state index is 12.1. The molecule has 0 amide bonds. The van der Waals surface area contributed by atoms with Gasteiger partial charge in [0.25, 0.3) is 6.43 Å². The third-order valence-corrected chi connectivity index (χ3v) is 3.23. The fourth-order valence-electron chi connectivity index (χ4n) is 1.09. The van der Waals surface area contributed by atoms with Crippen molar-refractivity contribution in [3.8, 4) is 0 Å². The predicted octanol–water partition coefficient (Wildman–Crippen LogP) is 2.13. The first-order chi connectivity index (χ1) is 7.99. The Kier molecular flexibility index (Phi) is 5.84. The number of hydrogen-bond acceptors (Lipinski definition) is 5. The summed E-state index contributed by atoms with van der Waals surface area (Å²) < 4.78 is 28.9. The molecule has 1 heterocycles. The van der Waals surface area contributed by atoms with E-state index in [1.54, 1.807) is 11.8 Å². The normalized spacial score (nSPS) is 13.6. The summed E-state index contributed by atoms with van der Waals surface area (Å²) in [5, 5.41) is 12.6. The van der Waals surface area contributed by atoms with Crippen molar-refractivity contribution < 1.29 is 18.4 Å². The second kappa shape index (κ2) is 6.90. The van der Waals surface area contributed by atoms with Crippen molar-refractivity contribution in [2.45, 2.75) is 38.6 Å². The topological polar surface area (TPSA) is 59.2 Å². The van der Waals surface area contributed by atoms with Crippen LogP contribution < -0.4 is 0 Å². The molecule has 1 aromatic rings. The number of halogens is 2. The first-order valence-electron chi connectivity index (χ1n) is 5.34. The van der Waals surface area contributed by atoms with E-state index in [0.717, 1.165) is 5.75 Å². The number of aliphatic hydroxyl groups excluding tert-OH is 1. The monoisotopic (exact) mass is 266 g/mol. The van der Waals surface area contributed by atoms with Gasteiger partial charge in [0, 0.05) is 0 Å². The molecule has 7 heteroatoms. The molecule has 98 valence electrons. The third-order valence-electron chi connectivity index (χ3n) is 1.87. The molecule has 0 spiro atoms. The van der Waals surface area contributed by atoms with Crippen molar-refractivity contribution in [2.75, 3.05) is 5.75 Å². The van der Waals surface area contributed by atoms with Gasteiger partial charge in [-0.25, -0.2) is 8.78 Å². The first kappa shape index (κ1) is 14.4. The molecule has 1 atom stereocenters. The summed E-state index contributed by atoms with van der Waals surface area (Å²) in [6.45, 7) is 4.21. The standard InChI is InChI=1S/C10H16F2N2O2S/c1-6(2)4-17-5-8-13-9(16-14-8)3-7(15)10(11)12/h6-7,10,15H,3-5H2,1-2H3. The Bertz CT molecular complexity index is 334. The Morgan fingerprint density at radius 3 is 2.71 bits per heavy atom. The second-order valence-electron chi connectivity index (χ2n) is 4.12. The molecule has 1 aromatic heterocycles. The van der Waals surface area contributed by atoms with E-state index < -0.39 is 12.5 Å². The zero-order valence-electron chi connectivity index (χ0n) is 9.77. The van der Waals surface area contributed by atoms with Gasteiger partial charge in [0.05, 0.1) is 12.2 Å². The van der Waals surface area contributed by atoms with Crippen LogP contribution in [0.5, 0.6) is 0 Å². The lowest BCUT2D eigenvalue weighted by molar-refractivity contribution is -0.00754. The molecule has 0 saturated heterocycles. The van der Waals surface area contributed by atoms with Crippen molar-refractivity contribution >= 4 is 11.8 Å². The van der Waals surface area contributed by atoms with E-state index in [9.17, 15) is 8.78 Å². The molecule has 0 aliphatic rings. The van der Waals surface area contributed by atoms with Crippen LogP contribution >= 0.6 is 11.8 Å². The molecule has 0 bridgehead atoms. The van der Waals surface area contributed by atoms with E-state index in [2.05, 4.69) is 24.0 Å². The van der Waals surface area contributed by atoms with Gasteiger partial charge in [-0.2, -0.15) is 16.7 Å². The molecule has 0 radical (unpaired) electrons. The van der Waals surface area contributed by atoms with E-state index in [-0.39, 0.29) is 12.3 Å². The number of nitrogens with zero attached hydrogens (tertiary/aromatic N) is 2. The van der Waals surface area contributed by atoms with Gasteiger partial charge in [-0.15, -0.1) is 0 Å². The molecule has 1 rings (SSSR count). The Labute approximate surface area is 103 Å². The highest BCUT2D eigenvalue weighted by atomic mass is 32.2. The predicted molar refractivity (Wildman–Crippen MR) is 61.0 cm³/mol. The maximum Gasteiger partial charge on any atom is 0.264 e.